The molecule has 1 amide bonds. The molecule has 1 N–H and O–H groups in total. The molecule has 0 saturated carbocycles. The van der Waals surface area contributed by atoms with Crippen LogP contribution in [0.15, 0.2) is 42.7 Å². The maximum absolute atomic E-state index is 11.9. The van der Waals surface area contributed by atoms with E-state index < -0.39 is 0 Å². The van der Waals surface area contributed by atoms with Gasteiger partial charge in [0.05, 0.1) is 5.56 Å². The second-order valence-corrected chi connectivity index (χ2v) is 5.84. The maximum Gasteiger partial charge on any atom is 0.254 e. The summed E-state index contributed by atoms with van der Waals surface area (Å²) in [7, 11) is 0. The van der Waals surface area contributed by atoms with Crippen LogP contribution in [0.5, 0.6) is 0 Å². The Morgan fingerprint density at radius 3 is 2.29 bits per heavy atom. The molecule has 0 radical (unpaired) electrons. The molecule has 1 saturated heterocycles. The lowest BCUT2D eigenvalue weighted by molar-refractivity contribution is 0.0953. The summed E-state index contributed by atoms with van der Waals surface area (Å²) in [6.45, 7) is 6.31. The Kier molecular flexibility index (Phi) is 5.25. The molecule has 6 nitrogen and oxygen atoms in total. The number of rotatable bonds is 5. The Morgan fingerprint density at radius 1 is 1.04 bits per heavy atom. The van der Waals surface area contributed by atoms with Gasteiger partial charge in [0.25, 0.3) is 5.91 Å². The predicted octanol–water partition coefficient (Wildman–Crippen LogP) is 1.94. The lowest BCUT2D eigenvalue weighted by Crippen LogP contribution is -2.47. The van der Waals surface area contributed by atoms with Crippen LogP contribution in [0.25, 0.3) is 0 Å². The largest absolute Gasteiger partial charge is 0.368 e. The van der Waals surface area contributed by atoms with Crippen molar-refractivity contribution in [3.63, 3.8) is 0 Å². The zero-order valence-corrected chi connectivity index (χ0v) is 14.0. The number of nitrogens with one attached hydrogen (secondary N) is 1. The number of aromatic nitrogens is 2. The van der Waals surface area contributed by atoms with Crippen LogP contribution in [-0.2, 0) is 0 Å². The van der Waals surface area contributed by atoms with Crippen LogP contribution in [0.2, 0.25) is 0 Å². The molecule has 1 fully saturated rings. The third-order valence-corrected chi connectivity index (χ3v) is 4.12. The molecule has 1 aliphatic rings. The average Bonchev–Trinajstić information content (AvgIpc) is 2.67. The number of para-hydroxylation sites is 1. The predicted molar refractivity (Wildman–Crippen MR) is 95.5 cm³/mol. The Hall–Kier alpha value is -2.63. The van der Waals surface area contributed by atoms with Crippen molar-refractivity contribution in [1.29, 1.82) is 0 Å². The van der Waals surface area contributed by atoms with E-state index in [-0.39, 0.29) is 5.91 Å². The summed E-state index contributed by atoms with van der Waals surface area (Å²) >= 11 is 0. The molecule has 0 spiro atoms. The highest BCUT2D eigenvalue weighted by Gasteiger charge is 2.19. The molecule has 1 aromatic heterocycles. The number of amides is 1. The molecule has 126 valence electrons. The Labute approximate surface area is 142 Å². The van der Waals surface area contributed by atoms with Gasteiger partial charge in [-0.25, -0.2) is 9.97 Å². The van der Waals surface area contributed by atoms with Gasteiger partial charge in [0.2, 0.25) is 5.95 Å². The normalized spacial score (nSPS) is 14.5. The van der Waals surface area contributed by atoms with E-state index in [4.69, 9.17) is 0 Å². The number of hydrogen-bond donors (Lipinski definition) is 1. The fourth-order valence-electron chi connectivity index (χ4n) is 2.75. The Bertz CT molecular complexity index is 651. The molecule has 0 bridgehead atoms. The molecule has 6 heteroatoms. The van der Waals surface area contributed by atoms with Crippen molar-refractivity contribution in [2.24, 2.45) is 0 Å². The lowest BCUT2D eigenvalue weighted by atomic mass is 10.2. The number of hydrogen-bond acceptors (Lipinski definition) is 5. The van der Waals surface area contributed by atoms with Crippen LogP contribution in [0, 0.1) is 0 Å². The van der Waals surface area contributed by atoms with Crippen LogP contribution < -0.4 is 15.1 Å². The molecule has 0 atom stereocenters. The first-order chi connectivity index (χ1) is 11.8. The quantitative estimate of drug-likeness (QED) is 0.910. The van der Waals surface area contributed by atoms with E-state index in [0.717, 1.165) is 32.6 Å². The number of piperazine rings is 1. The summed E-state index contributed by atoms with van der Waals surface area (Å²) in [5.74, 6) is 0.576. The van der Waals surface area contributed by atoms with Crippen molar-refractivity contribution >= 4 is 17.5 Å². The number of carbonyl (C=O) groups excluding carboxylic acids is 1. The number of carbonyl (C=O) groups is 1. The molecule has 24 heavy (non-hydrogen) atoms. The molecule has 2 aromatic rings. The highest BCUT2D eigenvalue weighted by atomic mass is 16.1. The smallest absolute Gasteiger partial charge is 0.254 e. The molecular formula is C18H23N5O. The van der Waals surface area contributed by atoms with Gasteiger partial charge in [-0.15, -0.1) is 0 Å². The van der Waals surface area contributed by atoms with E-state index in [1.54, 1.807) is 12.4 Å². The molecule has 0 aliphatic carbocycles. The molecule has 2 heterocycles. The van der Waals surface area contributed by atoms with E-state index in [1.165, 1.54) is 5.69 Å². The number of anilines is 2. The lowest BCUT2D eigenvalue weighted by Gasteiger charge is -2.36. The van der Waals surface area contributed by atoms with Crippen molar-refractivity contribution in [3.8, 4) is 0 Å². The summed E-state index contributed by atoms with van der Waals surface area (Å²) in [6, 6.07) is 10.4. The fourth-order valence-corrected chi connectivity index (χ4v) is 2.75. The van der Waals surface area contributed by atoms with Gasteiger partial charge in [-0.3, -0.25) is 4.79 Å². The summed E-state index contributed by atoms with van der Waals surface area (Å²) in [4.78, 5) is 25.1. The average molecular weight is 325 g/mol. The Morgan fingerprint density at radius 2 is 1.67 bits per heavy atom. The van der Waals surface area contributed by atoms with E-state index >= 15 is 0 Å². The zero-order valence-electron chi connectivity index (χ0n) is 14.0. The van der Waals surface area contributed by atoms with Crippen molar-refractivity contribution in [2.75, 3.05) is 42.5 Å². The third-order valence-electron chi connectivity index (χ3n) is 4.12. The minimum atomic E-state index is -0.114. The second kappa shape index (κ2) is 7.77. The van der Waals surface area contributed by atoms with E-state index in [1.807, 2.05) is 13.0 Å². The molecule has 0 unspecified atom stereocenters. The summed E-state index contributed by atoms with van der Waals surface area (Å²) in [5, 5.41) is 2.83. The van der Waals surface area contributed by atoms with Gasteiger partial charge in [-0.2, -0.15) is 0 Å². The molecular weight excluding hydrogens is 302 g/mol. The molecule has 1 aliphatic heterocycles. The highest BCUT2D eigenvalue weighted by molar-refractivity contribution is 5.93. The monoisotopic (exact) mass is 325 g/mol. The van der Waals surface area contributed by atoms with Gasteiger partial charge >= 0.3 is 0 Å². The standard InChI is InChI=1S/C18H23N5O/c1-2-8-19-17(24)15-13-20-18(21-14-15)23-11-9-22(10-12-23)16-6-4-3-5-7-16/h3-7,13-14H,2,8-12H2,1H3,(H,19,24). The zero-order chi connectivity index (χ0) is 16.8. The maximum atomic E-state index is 11.9. The first-order valence-electron chi connectivity index (χ1n) is 8.43. The Balaban J connectivity index is 1.57. The summed E-state index contributed by atoms with van der Waals surface area (Å²) < 4.78 is 0. The first kappa shape index (κ1) is 16.2. The summed E-state index contributed by atoms with van der Waals surface area (Å²) in [6.07, 6.45) is 4.13. The topological polar surface area (TPSA) is 61.4 Å². The van der Waals surface area contributed by atoms with E-state index in [2.05, 4.69) is 49.4 Å². The second-order valence-electron chi connectivity index (χ2n) is 5.84. The molecule has 1 aromatic carbocycles. The summed E-state index contributed by atoms with van der Waals surface area (Å²) in [5.41, 5.74) is 1.76. The van der Waals surface area contributed by atoms with Gasteiger partial charge in [0, 0.05) is 50.8 Å². The van der Waals surface area contributed by atoms with Crippen molar-refractivity contribution in [3.05, 3.63) is 48.3 Å². The van der Waals surface area contributed by atoms with Crippen molar-refractivity contribution < 1.29 is 4.79 Å². The fraction of sp³-hybridized carbons (Fsp3) is 0.389. The minimum absolute atomic E-state index is 0.114. The van der Waals surface area contributed by atoms with Crippen LogP contribution in [-0.4, -0.2) is 48.6 Å². The SMILES string of the molecule is CCCNC(=O)c1cnc(N2CCN(c3ccccc3)CC2)nc1. The van der Waals surface area contributed by atoms with Gasteiger partial charge < -0.3 is 15.1 Å². The highest BCUT2D eigenvalue weighted by Crippen LogP contribution is 2.17. The van der Waals surface area contributed by atoms with E-state index in [0.29, 0.717) is 18.1 Å². The number of benzene rings is 1. The van der Waals surface area contributed by atoms with Crippen LogP contribution in [0.1, 0.15) is 23.7 Å². The minimum Gasteiger partial charge on any atom is -0.368 e. The van der Waals surface area contributed by atoms with Crippen LogP contribution >= 0.6 is 0 Å². The van der Waals surface area contributed by atoms with Crippen LogP contribution in [0.3, 0.4) is 0 Å². The van der Waals surface area contributed by atoms with Crippen molar-refractivity contribution in [1.82, 2.24) is 15.3 Å². The number of nitrogens with zero attached hydrogens (tertiary/aromatic N) is 4. The van der Waals surface area contributed by atoms with E-state index in [9.17, 15) is 4.79 Å². The van der Waals surface area contributed by atoms with Gasteiger partial charge in [0.15, 0.2) is 0 Å². The third kappa shape index (κ3) is 3.82. The first-order valence-corrected chi connectivity index (χ1v) is 8.43. The van der Waals surface area contributed by atoms with Gasteiger partial charge in [-0.1, -0.05) is 25.1 Å². The van der Waals surface area contributed by atoms with Gasteiger partial charge in [0.1, 0.15) is 0 Å². The van der Waals surface area contributed by atoms with Gasteiger partial charge in [-0.05, 0) is 18.6 Å². The van der Waals surface area contributed by atoms with Crippen LogP contribution in [0.4, 0.5) is 11.6 Å². The van der Waals surface area contributed by atoms with Crippen molar-refractivity contribution in [2.45, 2.75) is 13.3 Å². The molecule has 3 rings (SSSR count).